The molecular formula is C14H20FN3O3Si-. The third-order valence-corrected chi connectivity index (χ3v) is 4.85. The lowest BCUT2D eigenvalue weighted by Crippen LogP contribution is -2.22. The van der Waals surface area contributed by atoms with E-state index in [-0.39, 0.29) is 12.4 Å². The number of carbonyl (C=O) groups excluding carboxylic acids is 1. The van der Waals surface area contributed by atoms with Crippen LogP contribution in [0.3, 0.4) is 0 Å². The normalized spacial score (nSPS) is 11.9. The Balaban J connectivity index is 2.21. The second-order valence-corrected chi connectivity index (χ2v) is 11.8. The van der Waals surface area contributed by atoms with Crippen molar-refractivity contribution in [1.29, 1.82) is 0 Å². The Morgan fingerprint density at radius 2 is 2.14 bits per heavy atom. The standard InChI is InChI=1S/C14H20FN3O3Si/c1-20-14(19)12-11-7-10(15)8-16-13(11)18(17-12)9-21-5-6-22(2,3)4/h7-8H,5-6,9H2,1-4H3/q-1. The summed E-state index contributed by atoms with van der Waals surface area (Å²) in [6.07, 6.45) is 1.09. The van der Waals surface area contributed by atoms with Crippen molar-refractivity contribution in [3.63, 3.8) is 0 Å². The number of fused-ring (bicyclic) bond motifs is 1. The van der Waals surface area contributed by atoms with Crippen molar-refractivity contribution >= 4 is 25.1 Å². The van der Waals surface area contributed by atoms with Crippen LogP contribution in [0.2, 0.25) is 25.7 Å². The van der Waals surface area contributed by atoms with Crippen molar-refractivity contribution in [3.8, 4) is 0 Å². The lowest BCUT2D eigenvalue weighted by Gasteiger charge is -2.26. The highest BCUT2D eigenvalue weighted by Gasteiger charge is 2.19. The van der Waals surface area contributed by atoms with Crippen LogP contribution in [0.15, 0.2) is 12.3 Å². The van der Waals surface area contributed by atoms with E-state index in [0.29, 0.717) is 17.6 Å². The van der Waals surface area contributed by atoms with Gasteiger partial charge in [-0.2, -0.15) is 24.7 Å². The van der Waals surface area contributed by atoms with E-state index in [1.165, 1.54) is 17.9 Å². The van der Waals surface area contributed by atoms with Crippen LogP contribution in [0.1, 0.15) is 10.5 Å². The molecule has 0 saturated carbocycles. The Bertz CT molecular complexity index is 682. The van der Waals surface area contributed by atoms with E-state index in [1.54, 1.807) is 0 Å². The number of methoxy groups -OCH3 is 1. The fourth-order valence-electron chi connectivity index (χ4n) is 1.90. The second kappa shape index (κ2) is 6.53. The number of esters is 1. The summed E-state index contributed by atoms with van der Waals surface area (Å²) in [4.78, 5) is 15.7. The first-order valence-electron chi connectivity index (χ1n) is 7.00. The maximum Gasteiger partial charge on any atom is 0.359 e. The maximum atomic E-state index is 13.4. The molecule has 2 aromatic heterocycles. The molecule has 0 unspecified atom stereocenters. The summed E-state index contributed by atoms with van der Waals surface area (Å²) in [6.45, 7) is 7.57. The predicted molar refractivity (Wildman–Crippen MR) is 82.9 cm³/mol. The van der Waals surface area contributed by atoms with Crippen LogP contribution in [0.4, 0.5) is 4.39 Å². The first kappa shape index (κ1) is 16.6. The summed E-state index contributed by atoms with van der Waals surface area (Å²) in [5.41, 5.74) is 0.438. The van der Waals surface area contributed by atoms with Gasteiger partial charge in [0, 0.05) is 6.61 Å². The van der Waals surface area contributed by atoms with Gasteiger partial charge in [-0.15, -0.1) is 14.1 Å². The van der Waals surface area contributed by atoms with Crippen LogP contribution in [-0.4, -0.2) is 42.5 Å². The summed E-state index contributed by atoms with van der Waals surface area (Å²) in [5, 5.41) is 4.45. The first-order valence-corrected chi connectivity index (χ1v) is 10.7. The number of nitrogens with zero attached hydrogens (tertiary/aromatic N) is 3. The Hall–Kier alpha value is -1.80. The van der Waals surface area contributed by atoms with Crippen molar-refractivity contribution in [3.05, 3.63) is 23.8 Å². The van der Waals surface area contributed by atoms with Gasteiger partial charge in [-0.25, -0.2) is 18.9 Å². The number of hydrogen-bond acceptors (Lipinski definition) is 5. The highest BCUT2D eigenvalue weighted by molar-refractivity contribution is 6.76. The molecule has 0 spiro atoms. The number of halogens is 1. The van der Waals surface area contributed by atoms with Crippen LogP contribution < -0.4 is 0 Å². The van der Waals surface area contributed by atoms with Crippen molar-refractivity contribution in [1.82, 2.24) is 14.8 Å². The minimum atomic E-state index is -1.17. The molecule has 2 aromatic rings. The van der Waals surface area contributed by atoms with Crippen LogP contribution in [0.5, 0.6) is 0 Å². The summed E-state index contributed by atoms with van der Waals surface area (Å²) in [5.74, 6) is -1.16. The molecule has 0 aromatic carbocycles. The quantitative estimate of drug-likeness (QED) is 0.464. The number of ether oxygens (including phenoxy) is 2. The summed E-state index contributed by atoms with van der Waals surface area (Å²) in [6, 6.07) is 2.25. The van der Waals surface area contributed by atoms with Crippen LogP contribution >= 0.6 is 0 Å². The SMILES string of the molecule is COC(=O)c1nn(COCC[Si-](C)(C)C)c2ncc(F)cc12. The molecule has 2 rings (SSSR count). The van der Waals surface area contributed by atoms with Gasteiger partial charge in [0.05, 0.1) is 18.7 Å². The Labute approximate surface area is 129 Å². The fraction of sp³-hybridized carbons (Fsp3) is 0.500. The Kier molecular flexibility index (Phi) is 4.92. The van der Waals surface area contributed by atoms with Crippen LogP contribution in [-0.2, 0) is 16.2 Å². The molecule has 0 aliphatic rings. The maximum absolute atomic E-state index is 13.4. The van der Waals surface area contributed by atoms with Crippen molar-refractivity contribution in [2.24, 2.45) is 0 Å². The zero-order valence-corrected chi connectivity index (χ0v) is 14.2. The van der Waals surface area contributed by atoms with Gasteiger partial charge in [0.15, 0.2) is 11.3 Å². The zero-order chi connectivity index (χ0) is 16.3. The van der Waals surface area contributed by atoms with Gasteiger partial charge >= 0.3 is 5.97 Å². The molecule has 0 saturated heterocycles. The topological polar surface area (TPSA) is 66.2 Å². The van der Waals surface area contributed by atoms with Gasteiger partial charge in [0.25, 0.3) is 0 Å². The lowest BCUT2D eigenvalue weighted by atomic mass is 10.2. The van der Waals surface area contributed by atoms with E-state index >= 15 is 0 Å². The molecule has 6 nitrogen and oxygen atoms in total. The van der Waals surface area contributed by atoms with Crippen molar-refractivity contribution in [2.45, 2.75) is 32.4 Å². The van der Waals surface area contributed by atoms with E-state index in [1.807, 2.05) is 0 Å². The third-order valence-electron chi connectivity index (χ3n) is 3.14. The summed E-state index contributed by atoms with van der Waals surface area (Å²) < 4.78 is 25.1. The van der Waals surface area contributed by atoms with E-state index < -0.39 is 19.9 Å². The molecule has 0 radical (unpaired) electrons. The molecule has 0 N–H and O–H groups in total. The number of pyridine rings is 1. The second-order valence-electron chi connectivity index (χ2n) is 6.21. The van der Waals surface area contributed by atoms with Gasteiger partial charge in [-0.1, -0.05) is 0 Å². The van der Waals surface area contributed by atoms with Crippen LogP contribution in [0, 0.1) is 5.82 Å². The molecule has 8 heteroatoms. The summed E-state index contributed by atoms with van der Waals surface area (Å²) >= 11 is 0. The minimum absolute atomic E-state index is 0.0401. The molecule has 0 bridgehead atoms. The molecular weight excluding hydrogens is 305 g/mol. The number of hydrogen-bond donors (Lipinski definition) is 0. The third kappa shape index (κ3) is 3.89. The highest BCUT2D eigenvalue weighted by atomic mass is 28.3. The molecule has 121 valence electrons. The van der Waals surface area contributed by atoms with Crippen LogP contribution in [0.25, 0.3) is 11.0 Å². The van der Waals surface area contributed by atoms with Gasteiger partial charge in [0.2, 0.25) is 0 Å². The fourth-order valence-corrected chi connectivity index (χ4v) is 2.66. The lowest BCUT2D eigenvalue weighted by molar-refractivity contribution is 0.0585. The average molecular weight is 325 g/mol. The van der Waals surface area contributed by atoms with E-state index in [2.05, 4.69) is 34.5 Å². The Morgan fingerprint density at radius 3 is 2.77 bits per heavy atom. The predicted octanol–water partition coefficient (Wildman–Crippen LogP) is 2.67. The molecule has 22 heavy (non-hydrogen) atoms. The van der Waals surface area contributed by atoms with Crippen molar-refractivity contribution < 1.29 is 18.7 Å². The molecule has 0 aliphatic carbocycles. The molecule has 0 aliphatic heterocycles. The number of rotatable bonds is 6. The van der Waals surface area contributed by atoms with Gasteiger partial charge in [0.1, 0.15) is 12.5 Å². The molecule has 0 fully saturated rings. The van der Waals surface area contributed by atoms with E-state index in [0.717, 1.165) is 12.2 Å². The number of carbonyl (C=O) groups is 1. The van der Waals surface area contributed by atoms with Crippen molar-refractivity contribution in [2.75, 3.05) is 13.7 Å². The van der Waals surface area contributed by atoms with E-state index in [4.69, 9.17) is 4.74 Å². The van der Waals surface area contributed by atoms with Gasteiger partial charge in [-0.3, -0.25) is 0 Å². The first-order chi connectivity index (χ1) is 10.3. The van der Waals surface area contributed by atoms with Gasteiger partial charge < -0.3 is 9.47 Å². The van der Waals surface area contributed by atoms with Gasteiger partial charge in [-0.05, 0) is 6.07 Å². The summed E-state index contributed by atoms with van der Waals surface area (Å²) in [7, 11) is 0.0853. The van der Waals surface area contributed by atoms with E-state index in [9.17, 15) is 9.18 Å². The molecule has 2 heterocycles. The average Bonchev–Trinajstić information content (AvgIpc) is 2.79. The molecule has 0 atom stereocenters. The Morgan fingerprint density at radius 1 is 1.41 bits per heavy atom. The number of aromatic nitrogens is 3. The monoisotopic (exact) mass is 325 g/mol. The minimum Gasteiger partial charge on any atom is -0.464 e. The smallest absolute Gasteiger partial charge is 0.359 e. The zero-order valence-electron chi connectivity index (χ0n) is 13.2. The largest absolute Gasteiger partial charge is 0.464 e. The molecule has 0 amide bonds. The highest BCUT2D eigenvalue weighted by Crippen LogP contribution is 2.19.